The Morgan fingerprint density at radius 1 is 1.35 bits per heavy atom. The van der Waals surface area contributed by atoms with Crippen LogP contribution in [0.5, 0.6) is 0 Å². The summed E-state index contributed by atoms with van der Waals surface area (Å²) in [5.41, 5.74) is 8.94. The first-order chi connectivity index (χ1) is 9.47. The summed E-state index contributed by atoms with van der Waals surface area (Å²) in [5.74, 6) is 0.0152. The number of hydrogen-bond acceptors (Lipinski definition) is 3. The third-order valence-corrected chi connectivity index (χ3v) is 3.32. The van der Waals surface area contributed by atoms with Gasteiger partial charge >= 0.3 is 0 Å². The standard InChI is InChI=1S/C15H17ClN4/c1-10-4-3-5-12(19-10)9-20(2)14-7-6-11(15(17)18)8-13(14)16/h3-8H,9H2,1-2H3,(H3,17,18). The van der Waals surface area contributed by atoms with Crippen LogP contribution in [0.3, 0.4) is 0 Å². The zero-order valence-electron chi connectivity index (χ0n) is 11.5. The van der Waals surface area contributed by atoms with E-state index < -0.39 is 0 Å². The van der Waals surface area contributed by atoms with E-state index in [4.69, 9.17) is 22.7 Å². The lowest BCUT2D eigenvalue weighted by molar-refractivity contribution is 0.877. The molecule has 1 heterocycles. The lowest BCUT2D eigenvalue weighted by atomic mass is 10.1. The molecular formula is C15H17ClN4. The Labute approximate surface area is 123 Å². The second-order valence-electron chi connectivity index (χ2n) is 4.71. The molecule has 0 amide bonds. The summed E-state index contributed by atoms with van der Waals surface area (Å²) in [6.07, 6.45) is 0. The van der Waals surface area contributed by atoms with Crippen LogP contribution in [-0.2, 0) is 6.54 Å². The third-order valence-electron chi connectivity index (χ3n) is 3.02. The van der Waals surface area contributed by atoms with Crippen molar-refractivity contribution in [2.24, 2.45) is 5.73 Å². The first-order valence-electron chi connectivity index (χ1n) is 6.25. The molecule has 2 aromatic rings. The fourth-order valence-electron chi connectivity index (χ4n) is 2.00. The molecule has 2 rings (SSSR count). The van der Waals surface area contributed by atoms with Gasteiger partial charge in [0.15, 0.2) is 0 Å². The molecule has 20 heavy (non-hydrogen) atoms. The van der Waals surface area contributed by atoms with Crippen molar-refractivity contribution in [3.63, 3.8) is 0 Å². The quantitative estimate of drug-likeness (QED) is 0.671. The Kier molecular flexibility index (Phi) is 4.25. The van der Waals surface area contributed by atoms with Gasteiger partial charge in [-0.05, 0) is 37.3 Å². The van der Waals surface area contributed by atoms with E-state index in [0.717, 1.165) is 17.1 Å². The number of nitrogens with one attached hydrogen (secondary N) is 1. The monoisotopic (exact) mass is 288 g/mol. The molecule has 0 aliphatic rings. The van der Waals surface area contributed by atoms with Gasteiger partial charge in [-0.1, -0.05) is 17.7 Å². The van der Waals surface area contributed by atoms with Crippen molar-refractivity contribution in [1.29, 1.82) is 5.41 Å². The van der Waals surface area contributed by atoms with Gasteiger partial charge in [0, 0.05) is 18.3 Å². The Balaban J connectivity index is 2.21. The predicted octanol–water partition coefficient (Wildman–Crippen LogP) is 2.96. The number of halogens is 1. The first-order valence-corrected chi connectivity index (χ1v) is 6.63. The van der Waals surface area contributed by atoms with Crippen LogP contribution >= 0.6 is 11.6 Å². The topological polar surface area (TPSA) is 66.0 Å². The molecule has 5 heteroatoms. The van der Waals surface area contributed by atoms with Crippen molar-refractivity contribution >= 4 is 23.1 Å². The number of nitrogens with zero attached hydrogens (tertiary/aromatic N) is 2. The van der Waals surface area contributed by atoms with Gasteiger partial charge in [0.05, 0.1) is 22.9 Å². The number of benzene rings is 1. The number of hydrogen-bond donors (Lipinski definition) is 2. The normalized spacial score (nSPS) is 10.3. The largest absolute Gasteiger partial charge is 0.384 e. The smallest absolute Gasteiger partial charge is 0.122 e. The van der Waals surface area contributed by atoms with Crippen LogP contribution in [0.4, 0.5) is 5.69 Å². The van der Waals surface area contributed by atoms with Crippen LogP contribution in [0.1, 0.15) is 17.0 Å². The highest BCUT2D eigenvalue weighted by Gasteiger charge is 2.09. The van der Waals surface area contributed by atoms with E-state index in [1.807, 2.05) is 43.1 Å². The fraction of sp³-hybridized carbons (Fsp3) is 0.200. The molecule has 0 bridgehead atoms. The van der Waals surface area contributed by atoms with Crippen LogP contribution in [0.2, 0.25) is 5.02 Å². The van der Waals surface area contributed by atoms with Crippen molar-refractivity contribution < 1.29 is 0 Å². The van der Waals surface area contributed by atoms with Crippen LogP contribution in [-0.4, -0.2) is 17.9 Å². The van der Waals surface area contributed by atoms with E-state index in [-0.39, 0.29) is 5.84 Å². The van der Waals surface area contributed by atoms with E-state index in [1.54, 1.807) is 12.1 Å². The molecule has 0 aliphatic carbocycles. The van der Waals surface area contributed by atoms with E-state index in [0.29, 0.717) is 17.1 Å². The molecule has 1 aromatic carbocycles. The van der Waals surface area contributed by atoms with Gasteiger partial charge in [0.25, 0.3) is 0 Å². The maximum absolute atomic E-state index is 7.41. The van der Waals surface area contributed by atoms with Gasteiger partial charge < -0.3 is 10.6 Å². The molecule has 3 N–H and O–H groups in total. The number of aryl methyl sites for hydroxylation is 1. The minimum atomic E-state index is 0.0152. The number of nitrogens with two attached hydrogens (primary N) is 1. The summed E-state index contributed by atoms with van der Waals surface area (Å²) in [5, 5.41) is 7.99. The van der Waals surface area contributed by atoms with E-state index in [9.17, 15) is 0 Å². The van der Waals surface area contributed by atoms with Gasteiger partial charge in [0.1, 0.15) is 5.84 Å². The molecule has 0 radical (unpaired) electrons. The number of anilines is 1. The highest BCUT2D eigenvalue weighted by atomic mass is 35.5. The molecule has 0 fully saturated rings. The molecule has 1 aromatic heterocycles. The summed E-state index contributed by atoms with van der Waals surface area (Å²) >= 11 is 6.25. The SMILES string of the molecule is Cc1cccc(CN(C)c2ccc(C(=N)N)cc2Cl)n1. The minimum absolute atomic E-state index is 0.0152. The Morgan fingerprint density at radius 2 is 2.10 bits per heavy atom. The fourth-order valence-corrected chi connectivity index (χ4v) is 2.32. The number of rotatable bonds is 4. The number of aromatic nitrogens is 1. The summed E-state index contributed by atoms with van der Waals surface area (Å²) < 4.78 is 0. The average molecular weight is 289 g/mol. The molecular weight excluding hydrogens is 272 g/mol. The van der Waals surface area contributed by atoms with Crippen molar-refractivity contribution in [2.45, 2.75) is 13.5 Å². The lowest BCUT2D eigenvalue weighted by Gasteiger charge is -2.20. The number of nitrogen functional groups attached to an aromatic ring is 1. The maximum Gasteiger partial charge on any atom is 0.122 e. The lowest BCUT2D eigenvalue weighted by Crippen LogP contribution is -2.18. The highest BCUT2D eigenvalue weighted by molar-refractivity contribution is 6.33. The Bertz CT molecular complexity index is 640. The maximum atomic E-state index is 7.41. The van der Waals surface area contributed by atoms with Crippen molar-refractivity contribution in [2.75, 3.05) is 11.9 Å². The van der Waals surface area contributed by atoms with E-state index in [2.05, 4.69) is 4.98 Å². The summed E-state index contributed by atoms with van der Waals surface area (Å²) in [7, 11) is 1.96. The summed E-state index contributed by atoms with van der Waals surface area (Å²) in [6.45, 7) is 2.64. The Hall–Kier alpha value is -2.07. The first kappa shape index (κ1) is 14.3. The molecule has 0 unspecified atom stereocenters. The van der Waals surface area contributed by atoms with Crippen LogP contribution in [0, 0.1) is 12.3 Å². The summed E-state index contributed by atoms with van der Waals surface area (Å²) in [4.78, 5) is 6.50. The van der Waals surface area contributed by atoms with E-state index >= 15 is 0 Å². The van der Waals surface area contributed by atoms with Crippen LogP contribution in [0.25, 0.3) is 0 Å². The highest BCUT2D eigenvalue weighted by Crippen LogP contribution is 2.26. The van der Waals surface area contributed by atoms with E-state index in [1.165, 1.54) is 0 Å². The van der Waals surface area contributed by atoms with Gasteiger partial charge in [0.2, 0.25) is 0 Å². The van der Waals surface area contributed by atoms with Gasteiger partial charge in [-0.3, -0.25) is 10.4 Å². The summed E-state index contributed by atoms with van der Waals surface area (Å²) in [6, 6.07) is 11.3. The zero-order chi connectivity index (χ0) is 14.7. The molecule has 0 aliphatic heterocycles. The van der Waals surface area contributed by atoms with Gasteiger partial charge in [-0.2, -0.15) is 0 Å². The minimum Gasteiger partial charge on any atom is -0.384 e. The van der Waals surface area contributed by atoms with Crippen molar-refractivity contribution in [3.05, 3.63) is 58.4 Å². The molecule has 4 nitrogen and oxygen atoms in total. The Morgan fingerprint density at radius 3 is 2.70 bits per heavy atom. The zero-order valence-corrected chi connectivity index (χ0v) is 12.3. The second-order valence-corrected chi connectivity index (χ2v) is 5.11. The number of amidine groups is 1. The average Bonchev–Trinajstić information content (AvgIpc) is 2.38. The molecule has 0 spiro atoms. The second kappa shape index (κ2) is 5.92. The number of pyridine rings is 1. The molecule has 0 saturated heterocycles. The predicted molar refractivity (Wildman–Crippen MR) is 83.5 cm³/mol. The molecule has 0 atom stereocenters. The van der Waals surface area contributed by atoms with Crippen molar-refractivity contribution in [3.8, 4) is 0 Å². The van der Waals surface area contributed by atoms with Crippen LogP contribution in [0.15, 0.2) is 36.4 Å². The molecule has 104 valence electrons. The van der Waals surface area contributed by atoms with Gasteiger partial charge in [-0.25, -0.2) is 0 Å². The van der Waals surface area contributed by atoms with Crippen LogP contribution < -0.4 is 10.6 Å². The third kappa shape index (κ3) is 3.27. The van der Waals surface area contributed by atoms with Crippen molar-refractivity contribution in [1.82, 2.24) is 4.98 Å². The molecule has 0 saturated carbocycles. The van der Waals surface area contributed by atoms with Gasteiger partial charge in [-0.15, -0.1) is 0 Å².